The molecule has 0 aromatic carbocycles. The lowest BCUT2D eigenvalue weighted by Gasteiger charge is -2.23. The number of aromatic amines is 1. The van der Waals surface area contributed by atoms with Crippen molar-refractivity contribution in [3.05, 3.63) is 48.7 Å². The molecule has 9 nitrogen and oxygen atoms in total. The van der Waals surface area contributed by atoms with E-state index in [1.165, 1.54) is 15.9 Å². The van der Waals surface area contributed by atoms with Crippen molar-refractivity contribution < 1.29 is 21.6 Å². The first-order chi connectivity index (χ1) is 16.3. The third kappa shape index (κ3) is 3.89. The van der Waals surface area contributed by atoms with Gasteiger partial charge in [-0.05, 0) is 12.5 Å². The minimum Gasteiger partial charge on any atom is -0.354 e. The number of hydrogen-bond acceptors (Lipinski definition) is 7. The van der Waals surface area contributed by atoms with E-state index in [1.807, 2.05) is 6.07 Å². The van der Waals surface area contributed by atoms with E-state index < -0.39 is 39.2 Å². The van der Waals surface area contributed by atoms with E-state index in [1.54, 1.807) is 18.6 Å². The molecule has 0 spiro atoms. The summed E-state index contributed by atoms with van der Waals surface area (Å²) in [6.45, 7) is -0.196. The Hall–Kier alpha value is -3.48. The monoisotopic (exact) mass is 491 g/mol. The number of H-pyrrole nitrogens is 1. The van der Waals surface area contributed by atoms with E-state index in [0.29, 0.717) is 35.9 Å². The Morgan fingerprint density at radius 1 is 1.26 bits per heavy atom. The Balaban J connectivity index is 1.40. The van der Waals surface area contributed by atoms with Gasteiger partial charge in [-0.2, -0.15) is 5.10 Å². The molecule has 1 aliphatic rings. The van der Waals surface area contributed by atoms with Gasteiger partial charge in [0.25, 0.3) is 0 Å². The quantitative estimate of drug-likeness (QED) is 0.442. The van der Waals surface area contributed by atoms with Gasteiger partial charge in [-0.25, -0.2) is 36.5 Å². The first-order valence-corrected chi connectivity index (χ1v) is 12.3. The van der Waals surface area contributed by atoms with Crippen LogP contribution in [0, 0.1) is 17.6 Å². The molecule has 4 aromatic heterocycles. The van der Waals surface area contributed by atoms with Crippen molar-refractivity contribution in [2.45, 2.75) is 17.5 Å². The summed E-state index contributed by atoms with van der Waals surface area (Å²) in [6, 6.07) is 1.72. The molecule has 1 unspecified atom stereocenters. The second-order valence-corrected chi connectivity index (χ2v) is 10.2. The number of anilines is 1. The van der Waals surface area contributed by atoms with Crippen LogP contribution >= 0.6 is 0 Å². The lowest BCUT2D eigenvalue weighted by molar-refractivity contribution is 0.257. The average Bonchev–Trinajstić information content (AvgIpc) is 3.54. The summed E-state index contributed by atoms with van der Waals surface area (Å²) in [6.07, 6.45) is 7.79. The highest BCUT2D eigenvalue weighted by molar-refractivity contribution is 7.90. The summed E-state index contributed by atoms with van der Waals surface area (Å²) in [7, 11) is -3.98. The van der Waals surface area contributed by atoms with Gasteiger partial charge in [0.1, 0.15) is 18.6 Å². The molecule has 13 heteroatoms. The molecule has 4 aromatic rings. The Morgan fingerprint density at radius 3 is 2.85 bits per heavy atom. The largest absolute Gasteiger partial charge is 0.354 e. The maximum Gasteiger partial charge on any atom is 0.195 e. The molecule has 0 amide bonds. The van der Waals surface area contributed by atoms with Gasteiger partial charge in [-0.3, -0.25) is 4.68 Å². The summed E-state index contributed by atoms with van der Waals surface area (Å²) in [5, 5.41) is 4.34. The number of pyridine rings is 1. The molecule has 1 aliphatic heterocycles. The zero-order valence-electron chi connectivity index (χ0n) is 18.0. The minimum absolute atomic E-state index is 0.206. The van der Waals surface area contributed by atoms with Gasteiger partial charge in [0, 0.05) is 54.7 Å². The first-order valence-electron chi connectivity index (χ1n) is 10.5. The molecular weight excluding hydrogens is 471 g/mol. The van der Waals surface area contributed by atoms with Crippen LogP contribution in [0.3, 0.4) is 0 Å². The average molecular weight is 491 g/mol. The van der Waals surface area contributed by atoms with E-state index >= 15 is 0 Å². The summed E-state index contributed by atoms with van der Waals surface area (Å²) in [4.78, 5) is 16.8. The van der Waals surface area contributed by atoms with Gasteiger partial charge in [0.05, 0.1) is 17.9 Å². The van der Waals surface area contributed by atoms with Gasteiger partial charge in [-0.1, -0.05) is 0 Å². The fourth-order valence-corrected chi connectivity index (χ4v) is 5.04. The normalized spacial score (nSPS) is 17.5. The van der Waals surface area contributed by atoms with Crippen LogP contribution in [-0.4, -0.2) is 64.2 Å². The van der Waals surface area contributed by atoms with E-state index in [4.69, 9.17) is 0 Å². The maximum atomic E-state index is 14.5. The molecular formula is C21H20F3N7O2S. The molecule has 178 valence electrons. The van der Waals surface area contributed by atoms with Gasteiger partial charge in [0.15, 0.2) is 32.3 Å². The Kier molecular flexibility index (Phi) is 5.50. The fourth-order valence-electron chi connectivity index (χ4n) is 4.37. The first kappa shape index (κ1) is 22.3. The fraction of sp³-hybridized carbons (Fsp3) is 0.333. The van der Waals surface area contributed by atoms with Crippen molar-refractivity contribution in [2.24, 2.45) is 5.92 Å². The number of fused-ring (bicyclic) bond motifs is 1. The SMILES string of the molecule is CS(=O)(=O)c1nc(N2CC[C@H](C(CF)n3cc(-c4ncnc5[nH]ccc45)cn3)C2)c(F)cc1F. The van der Waals surface area contributed by atoms with Gasteiger partial charge >= 0.3 is 0 Å². The van der Waals surface area contributed by atoms with Crippen molar-refractivity contribution in [2.75, 3.05) is 30.9 Å². The third-order valence-electron chi connectivity index (χ3n) is 6.03. The molecule has 0 aliphatic carbocycles. The number of nitrogens with one attached hydrogen (secondary N) is 1. The van der Waals surface area contributed by atoms with E-state index in [2.05, 4.69) is 25.0 Å². The second kappa shape index (κ2) is 8.38. The van der Waals surface area contributed by atoms with E-state index in [-0.39, 0.29) is 18.3 Å². The van der Waals surface area contributed by atoms with Crippen LogP contribution < -0.4 is 4.90 Å². The third-order valence-corrected chi connectivity index (χ3v) is 7.01. The number of rotatable bonds is 6. The van der Waals surface area contributed by atoms with Crippen LogP contribution in [0.15, 0.2) is 42.1 Å². The summed E-state index contributed by atoms with van der Waals surface area (Å²) < 4.78 is 67.7. The van der Waals surface area contributed by atoms with E-state index in [9.17, 15) is 21.6 Å². The molecule has 2 atom stereocenters. The molecule has 5 heterocycles. The van der Waals surface area contributed by atoms with Crippen molar-refractivity contribution in [3.63, 3.8) is 0 Å². The molecule has 0 bridgehead atoms. The van der Waals surface area contributed by atoms with Crippen LogP contribution in [0.5, 0.6) is 0 Å². The van der Waals surface area contributed by atoms with E-state index in [0.717, 1.165) is 11.6 Å². The molecule has 1 N–H and O–H groups in total. The summed E-state index contributed by atoms with van der Waals surface area (Å²) >= 11 is 0. The molecule has 1 fully saturated rings. The van der Waals surface area contributed by atoms with Crippen LogP contribution in [0.2, 0.25) is 0 Å². The number of nitrogens with zero attached hydrogens (tertiary/aromatic N) is 6. The summed E-state index contributed by atoms with van der Waals surface area (Å²) in [5.41, 5.74) is 2.03. The van der Waals surface area contributed by atoms with Crippen LogP contribution in [-0.2, 0) is 9.84 Å². The highest BCUT2D eigenvalue weighted by Crippen LogP contribution is 2.34. The Morgan fingerprint density at radius 2 is 2.09 bits per heavy atom. The zero-order chi connectivity index (χ0) is 24.0. The molecule has 34 heavy (non-hydrogen) atoms. The van der Waals surface area contributed by atoms with Crippen LogP contribution in [0.4, 0.5) is 19.0 Å². The molecule has 5 rings (SSSR count). The van der Waals surface area contributed by atoms with Gasteiger partial charge in [-0.15, -0.1) is 0 Å². The van der Waals surface area contributed by atoms with Crippen molar-refractivity contribution >= 4 is 26.7 Å². The highest BCUT2D eigenvalue weighted by atomic mass is 32.2. The maximum absolute atomic E-state index is 14.5. The number of aromatic nitrogens is 6. The molecule has 0 saturated carbocycles. The lowest BCUT2D eigenvalue weighted by Crippen LogP contribution is -2.27. The Labute approximate surface area is 192 Å². The number of alkyl halides is 1. The zero-order valence-corrected chi connectivity index (χ0v) is 18.8. The second-order valence-electron chi connectivity index (χ2n) is 8.24. The highest BCUT2D eigenvalue weighted by Gasteiger charge is 2.34. The standard InChI is InChI=1S/C21H20F3N7O2S/c1-34(32,33)21-16(24)6-15(23)20(29-21)30-5-3-12(9-30)17(7-22)31-10-13(8-28-31)18-14-2-4-25-19(14)27-11-26-18/h2,4,6,8,10-12,17H,3,5,7,9H2,1H3,(H,25,26,27)/t12-,17?/m0/s1. The van der Waals surface area contributed by atoms with Gasteiger partial charge < -0.3 is 9.88 Å². The minimum atomic E-state index is -3.98. The van der Waals surface area contributed by atoms with Crippen LogP contribution in [0.25, 0.3) is 22.3 Å². The Bertz CT molecular complexity index is 1470. The van der Waals surface area contributed by atoms with Crippen molar-refractivity contribution in [1.29, 1.82) is 0 Å². The molecule has 1 saturated heterocycles. The van der Waals surface area contributed by atoms with Crippen molar-refractivity contribution in [3.8, 4) is 11.3 Å². The number of hydrogen-bond donors (Lipinski definition) is 1. The smallest absolute Gasteiger partial charge is 0.195 e. The topological polar surface area (TPSA) is 110 Å². The lowest BCUT2D eigenvalue weighted by atomic mass is 10.0. The number of halogens is 3. The van der Waals surface area contributed by atoms with Crippen LogP contribution in [0.1, 0.15) is 12.5 Å². The van der Waals surface area contributed by atoms with Crippen molar-refractivity contribution in [1.82, 2.24) is 29.7 Å². The predicted molar refractivity (Wildman–Crippen MR) is 118 cm³/mol. The molecule has 0 radical (unpaired) electrons. The van der Waals surface area contributed by atoms with Gasteiger partial charge in [0.2, 0.25) is 0 Å². The number of sulfone groups is 1. The predicted octanol–water partition coefficient (Wildman–Crippen LogP) is 2.94. The summed E-state index contributed by atoms with van der Waals surface area (Å²) in [5.74, 6) is -2.74.